The minimum absolute atomic E-state index is 0.0113. The number of fused-ring (bicyclic) bond motifs is 1. The molecule has 0 unspecified atom stereocenters. The number of H-pyrrole nitrogens is 1. The molecule has 0 amide bonds. The molecule has 0 atom stereocenters. The van der Waals surface area contributed by atoms with Gasteiger partial charge in [-0.2, -0.15) is 10.2 Å². The van der Waals surface area contributed by atoms with Crippen molar-refractivity contribution >= 4 is 42.2 Å². The molecule has 108 valence electrons. The fourth-order valence-corrected chi connectivity index (χ4v) is 3.40. The fourth-order valence-electron chi connectivity index (χ4n) is 2.13. The molecule has 0 aliphatic heterocycles. The predicted molar refractivity (Wildman–Crippen MR) is 82.1 cm³/mol. The molecule has 0 saturated carbocycles. The summed E-state index contributed by atoms with van der Waals surface area (Å²) >= 11 is 6.23. The summed E-state index contributed by atoms with van der Waals surface area (Å²) in [5.41, 5.74) is 2.47. The lowest BCUT2D eigenvalue weighted by Gasteiger charge is -2.05. The maximum atomic E-state index is 11.6. The highest BCUT2D eigenvalue weighted by molar-refractivity contribution is 8.14. The van der Waals surface area contributed by atoms with E-state index in [1.54, 1.807) is 24.3 Å². The van der Waals surface area contributed by atoms with Gasteiger partial charge in [-0.15, -0.1) is 0 Å². The van der Waals surface area contributed by atoms with Crippen LogP contribution in [0.4, 0.5) is 0 Å². The van der Waals surface area contributed by atoms with Crippen molar-refractivity contribution in [2.24, 2.45) is 0 Å². The van der Waals surface area contributed by atoms with Crippen molar-refractivity contribution in [3.8, 4) is 11.3 Å². The molecular formula is C13H9Cl2N3O2S. The van der Waals surface area contributed by atoms with Gasteiger partial charge in [0.1, 0.15) is 4.90 Å². The molecule has 2 aromatic heterocycles. The number of rotatable bonds is 2. The lowest BCUT2D eigenvalue weighted by molar-refractivity contribution is 0.610. The molecule has 8 heteroatoms. The molecule has 1 N–H and O–H groups in total. The number of benzene rings is 1. The number of aromatic nitrogens is 3. The van der Waals surface area contributed by atoms with E-state index in [0.29, 0.717) is 27.2 Å². The minimum atomic E-state index is -3.84. The maximum Gasteiger partial charge on any atom is 0.263 e. The van der Waals surface area contributed by atoms with Gasteiger partial charge in [0.15, 0.2) is 0 Å². The van der Waals surface area contributed by atoms with Crippen molar-refractivity contribution in [1.29, 1.82) is 0 Å². The summed E-state index contributed by atoms with van der Waals surface area (Å²) in [6.45, 7) is 1.83. The van der Waals surface area contributed by atoms with Crippen LogP contribution in [0.15, 0.2) is 35.4 Å². The van der Waals surface area contributed by atoms with Crippen LogP contribution in [0.3, 0.4) is 0 Å². The van der Waals surface area contributed by atoms with E-state index < -0.39 is 9.05 Å². The van der Waals surface area contributed by atoms with Crippen LogP contribution in [-0.2, 0) is 9.05 Å². The van der Waals surface area contributed by atoms with E-state index >= 15 is 0 Å². The van der Waals surface area contributed by atoms with Crippen LogP contribution >= 0.6 is 22.3 Å². The average molecular weight is 342 g/mol. The van der Waals surface area contributed by atoms with E-state index in [2.05, 4.69) is 15.2 Å². The standard InChI is InChI=1S/C13H9Cl2N3O2S/c1-7-2-5-10(18-17-7)12-9(14)4-3-8-11(21(15,19)20)6-16-13(8)12/h2-6,16H,1H3. The smallest absolute Gasteiger partial charge is 0.263 e. The third-order valence-electron chi connectivity index (χ3n) is 3.08. The minimum Gasteiger partial charge on any atom is -0.359 e. The van der Waals surface area contributed by atoms with Gasteiger partial charge in [0, 0.05) is 27.8 Å². The highest BCUT2D eigenvalue weighted by Gasteiger charge is 2.20. The molecule has 0 saturated heterocycles. The molecule has 0 spiro atoms. The van der Waals surface area contributed by atoms with E-state index in [9.17, 15) is 8.42 Å². The predicted octanol–water partition coefficient (Wildman–Crippen LogP) is 3.51. The number of halogens is 2. The lowest BCUT2D eigenvalue weighted by Crippen LogP contribution is -1.92. The van der Waals surface area contributed by atoms with Crippen molar-refractivity contribution in [1.82, 2.24) is 15.2 Å². The van der Waals surface area contributed by atoms with Gasteiger partial charge < -0.3 is 4.98 Å². The second-order valence-electron chi connectivity index (χ2n) is 4.50. The summed E-state index contributed by atoms with van der Waals surface area (Å²) < 4.78 is 23.1. The van der Waals surface area contributed by atoms with E-state index in [0.717, 1.165) is 5.69 Å². The topological polar surface area (TPSA) is 75.7 Å². The first-order valence-electron chi connectivity index (χ1n) is 5.93. The number of nitrogens with one attached hydrogen (secondary N) is 1. The van der Waals surface area contributed by atoms with Crippen molar-refractivity contribution in [3.05, 3.63) is 41.2 Å². The van der Waals surface area contributed by atoms with Gasteiger partial charge in [0.25, 0.3) is 9.05 Å². The molecule has 2 heterocycles. The summed E-state index contributed by atoms with van der Waals surface area (Å²) in [6, 6.07) is 6.80. The molecule has 21 heavy (non-hydrogen) atoms. The summed E-state index contributed by atoms with van der Waals surface area (Å²) in [7, 11) is 1.59. The lowest BCUT2D eigenvalue weighted by atomic mass is 10.1. The van der Waals surface area contributed by atoms with Crippen LogP contribution in [-0.4, -0.2) is 23.6 Å². The first-order valence-corrected chi connectivity index (χ1v) is 8.61. The molecular weight excluding hydrogens is 333 g/mol. The molecule has 0 fully saturated rings. The first-order chi connectivity index (χ1) is 9.88. The van der Waals surface area contributed by atoms with Crippen LogP contribution < -0.4 is 0 Å². The molecule has 3 rings (SSSR count). The Hall–Kier alpha value is -1.63. The normalized spacial score (nSPS) is 12.0. The van der Waals surface area contributed by atoms with E-state index in [1.807, 2.05) is 6.92 Å². The second kappa shape index (κ2) is 4.98. The van der Waals surface area contributed by atoms with Crippen LogP contribution in [0, 0.1) is 6.92 Å². The molecule has 5 nitrogen and oxygen atoms in total. The second-order valence-corrected chi connectivity index (χ2v) is 7.44. The quantitative estimate of drug-likeness (QED) is 0.723. The number of hydrogen-bond donors (Lipinski definition) is 1. The molecule has 0 bridgehead atoms. The Morgan fingerprint density at radius 2 is 1.90 bits per heavy atom. The monoisotopic (exact) mass is 341 g/mol. The Morgan fingerprint density at radius 1 is 1.14 bits per heavy atom. The highest BCUT2D eigenvalue weighted by atomic mass is 35.7. The Morgan fingerprint density at radius 3 is 2.52 bits per heavy atom. The van der Waals surface area contributed by atoms with E-state index in [4.69, 9.17) is 22.3 Å². The zero-order valence-corrected chi connectivity index (χ0v) is 13.1. The molecule has 3 aromatic rings. The maximum absolute atomic E-state index is 11.6. The van der Waals surface area contributed by atoms with Crippen LogP contribution in [0.1, 0.15) is 5.69 Å². The summed E-state index contributed by atoms with van der Waals surface area (Å²) in [6.07, 6.45) is 1.34. The average Bonchev–Trinajstić information content (AvgIpc) is 2.84. The van der Waals surface area contributed by atoms with Gasteiger partial charge >= 0.3 is 0 Å². The Balaban J connectivity index is 2.35. The Kier molecular flexibility index (Phi) is 3.39. The van der Waals surface area contributed by atoms with Crippen molar-refractivity contribution in [3.63, 3.8) is 0 Å². The van der Waals surface area contributed by atoms with Crippen molar-refractivity contribution < 1.29 is 8.42 Å². The number of aromatic amines is 1. The summed E-state index contributed by atoms with van der Waals surface area (Å²) in [5, 5.41) is 9.00. The third kappa shape index (κ3) is 2.50. The van der Waals surface area contributed by atoms with Gasteiger partial charge in [-0.05, 0) is 31.2 Å². The number of nitrogens with zero attached hydrogens (tertiary/aromatic N) is 2. The van der Waals surface area contributed by atoms with Gasteiger partial charge in [0.05, 0.1) is 21.9 Å². The summed E-state index contributed by atoms with van der Waals surface area (Å²) in [5.74, 6) is 0. The Bertz CT molecular complexity index is 934. The van der Waals surface area contributed by atoms with Gasteiger partial charge in [-0.1, -0.05) is 11.6 Å². The van der Waals surface area contributed by atoms with Gasteiger partial charge in [0.2, 0.25) is 0 Å². The zero-order chi connectivity index (χ0) is 15.2. The number of aryl methyl sites for hydroxylation is 1. The molecule has 0 aliphatic carbocycles. The van der Waals surface area contributed by atoms with Crippen molar-refractivity contribution in [2.75, 3.05) is 0 Å². The zero-order valence-electron chi connectivity index (χ0n) is 10.8. The van der Waals surface area contributed by atoms with Crippen LogP contribution in [0.25, 0.3) is 22.2 Å². The molecule has 0 radical (unpaired) electrons. The SMILES string of the molecule is Cc1ccc(-c2c(Cl)ccc3c(S(=O)(=O)Cl)c[nH]c23)nn1. The van der Waals surface area contributed by atoms with E-state index in [-0.39, 0.29) is 4.90 Å². The third-order valence-corrected chi connectivity index (χ3v) is 4.76. The molecule has 1 aromatic carbocycles. The summed E-state index contributed by atoms with van der Waals surface area (Å²) in [4.78, 5) is 2.91. The van der Waals surface area contributed by atoms with Crippen LogP contribution in [0.5, 0.6) is 0 Å². The fraction of sp³-hybridized carbons (Fsp3) is 0.0769. The van der Waals surface area contributed by atoms with Crippen molar-refractivity contribution in [2.45, 2.75) is 11.8 Å². The largest absolute Gasteiger partial charge is 0.359 e. The van der Waals surface area contributed by atoms with Crippen LogP contribution in [0.2, 0.25) is 5.02 Å². The van der Waals surface area contributed by atoms with Gasteiger partial charge in [-0.25, -0.2) is 8.42 Å². The Labute approximate surface area is 130 Å². The molecule has 0 aliphatic rings. The van der Waals surface area contributed by atoms with Gasteiger partial charge in [-0.3, -0.25) is 0 Å². The number of hydrogen-bond acceptors (Lipinski definition) is 4. The van der Waals surface area contributed by atoms with E-state index in [1.165, 1.54) is 6.20 Å². The first kappa shape index (κ1) is 14.3. The highest BCUT2D eigenvalue weighted by Crippen LogP contribution is 2.36.